The van der Waals surface area contributed by atoms with E-state index in [4.69, 9.17) is 11.6 Å². The predicted octanol–water partition coefficient (Wildman–Crippen LogP) is 4.67. The average molecular weight is 307 g/mol. The maximum Gasteiger partial charge on any atom is 0.319 e. The molecule has 21 heavy (non-hydrogen) atoms. The molecule has 3 nitrogen and oxygen atoms in total. The molecule has 0 fully saturated rings. The van der Waals surface area contributed by atoms with Gasteiger partial charge in [0.1, 0.15) is 5.82 Å². The summed E-state index contributed by atoms with van der Waals surface area (Å²) in [6, 6.07) is 11.0. The lowest BCUT2D eigenvalue weighted by atomic mass is 10.1. The predicted molar refractivity (Wildman–Crippen MR) is 83.2 cm³/mol. The van der Waals surface area contributed by atoms with Crippen molar-refractivity contribution in [3.63, 3.8) is 0 Å². The van der Waals surface area contributed by atoms with Gasteiger partial charge in [0, 0.05) is 10.7 Å². The summed E-state index contributed by atoms with van der Waals surface area (Å²) in [5.74, 6) is -0.328. The Bertz CT molecular complexity index is 660. The third-order valence-corrected chi connectivity index (χ3v) is 3.37. The second-order valence-corrected chi connectivity index (χ2v) is 5.27. The topological polar surface area (TPSA) is 41.1 Å². The highest BCUT2D eigenvalue weighted by Gasteiger charge is 2.11. The molecule has 2 amide bonds. The number of rotatable bonds is 3. The molecular weight excluding hydrogens is 291 g/mol. The third kappa shape index (κ3) is 4.20. The summed E-state index contributed by atoms with van der Waals surface area (Å²) in [7, 11) is 0. The van der Waals surface area contributed by atoms with Gasteiger partial charge in [-0.05, 0) is 55.3 Å². The van der Waals surface area contributed by atoms with E-state index in [0.29, 0.717) is 16.3 Å². The van der Waals surface area contributed by atoms with Gasteiger partial charge in [0.2, 0.25) is 0 Å². The maximum absolute atomic E-state index is 13.0. The lowest BCUT2D eigenvalue weighted by molar-refractivity contribution is 0.249. The number of nitrogens with one attached hydrogen (secondary N) is 2. The number of amides is 2. The van der Waals surface area contributed by atoms with Gasteiger partial charge in [-0.25, -0.2) is 9.18 Å². The van der Waals surface area contributed by atoms with Crippen molar-refractivity contribution in [2.75, 3.05) is 5.32 Å². The zero-order chi connectivity index (χ0) is 15.4. The Morgan fingerprint density at radius 1 is 1.24 bits per heavy atom. The van der Waals surface area contributed by atoms with Crippen LogP contribution in [-0.2, 0) is 0 Å². The molecule has 0 bridgehead atoms. The standard InChI is InChI=1S/C16H16ClFN2O/c1-10-8-14(18)6-7-15(10)20-16(21)19-11(2)12-4-3-5-13(17)9-12/h3-9,11H,1-2H3,(H2,19,20,21)/t11-/m0/s1. The monoisotopic (exact) mass is 306 g/mol. The van der Waals surface area contributed by atoms with Crippen molar-refractivity contribution in [3.05, 3.63) is 64.4 Å². The highest BCUT2D eigenvalue weighted by Crippen LogP contribution is 2.18. The molecule has 5 heteroatoms. The van der Waals surface area contributed by atoms with Crippen LogP contribution < -0.4 is 10.6 Å². The number of halogens is 2. The van der Waals surface area contributed by atoms with Crippen LogP contribution in [-0.4, -0.2) is 6.03 Å². The largest absolute Gasteiger partial charge is 0.331 e. The van der Waals surface area contributed by atoms with Crippen LogP contribution in [0, 0.1) is 12.7 Å². The Labute approximate surface area is 128 Å². The summed E-state index contributed by atoms with van der Waals surface area (Å²) in [5.41, 5.74) is 2.15. The average Bonchev–Trinajstić information content (AvgIpc) is 2.42. The van der Waals surface area contributed by atoms with Gasteiger partial charge >= 0.3 is 6.03 Å². The molecule has 110 valence electrons. The molecule has 0 aromatic heterocycles. The van der Waals surface area contributed by atoms with E-state index in [9.17, 15) is 9.18 Å². The first-order valence-electron chi connectivity index (χ1n) is 6.55. The number of aryl methyl sites for hydroxylation is 1. The SMILES string of the molecule is Cc1cc(F)ccc1NC(=O)N[C@@H](C)c1cccc(Cl)c1. The van der Waals surface area contributed by atoms with E-state index in [1.807, 2.05) is 19.1 Å². The first-order chi connectivity index (χ1) is 9.95. The molecule has 2 N–H and O–H groups in total. The van der Waals surface area contributed by atoms with Crippen LogP contribution in [0.25, 0.3) is 0 Å². The molecule has 2 aromatic rings. The number of urea groups is 1. The molecule has 0 aliphatic heterocycles. The minimum atomic E-state index is -0.350. The highest BCUT2D eigenvalue weighted by molar-refractivity contribution is 6.30. The van der Waals surface area contributed by atoms with Gasteiger partial charge in [-0.15, -0.1) is 0 Å². The van der Waals surface area contributed by atoms with Gasteiger partial charge in [-0.2, -0.15) is 0 Å². The molecule has 0 saturated heterocycles. The van der Waals surface area contributed by atoms with E-state index in [1.54, 1.807) is 19.1 Å². The number of hydrogen-bond donors (Lipinski definition) is 2. The van der Waals surface area contributed by atoms with E-state index in [0.717, 1.165) is 5.56 Å². The lowest BCUT2D eigenvalue weighted by Crippen LogP contribution is -2.31. The Balaban J connectivity index is 2.01. The fraction of sp³-hybridized carbons (Fsp3) is 0.188. The quantitative estimate of drug-likeness (QED) is 0.850. The van der Waals surface area contributed by atoms with Crippen molar-refractivity contribution in [2.45, 2.75) is 19.9 Å². The third-order valence-electron chi connectivity index (χ3n) is 3.13. The van der Waals surface area contributed by atoms with Crippen molar-refractivity contribution in [3.8, 4) is 0 Å². The first kappa shape index (κ1) is 15.3. The van der Waals surface area contributed by atoms with Crippen LogP contribution in [0.4, 0.5) is 14.9 Å². The van der Waals surface area contributed by atoms with Crippen molar-refractivity contribution < 1.29 is 9.18 Å². The normalized spacial score (nSPS) is 11.8. The number of benzene rings is 2. The minimum absolute atomic E-state index is 0.190. The summed E-state index contributed by atoms with van der Waals surface area (Å²) in [4.78, 5) is 12.0. The van der Waals surface area contributed by atoms with Gasteiger partial charge in [0.25, 0.3) is 0 Å². The van der Waals surface area contributed by atoms with Crippen LogP contribution in [0.2, 0.25) is 5.02 Å². The molecule has 0 spiro atoms. The molecule has 0 saturated carbocycles. The van der Waals surface area contributed by atoms with Gasteiger partial charge in [0.05, 0.1) is 6.04 Å². The first-order valence-corrected chi connectivity index (χ1v) is 6.92. The van der Waals surface area contributed by atoms with Gasteiger partial charge in [-0.3, -0.25) is 0 Å². The number of carbonyl (C=O) groups excluding carboxylic acids is 1. The van der Waals surface area contributed by atoms with E-state index in [2.05, 4.69) is 10.6 Å². The zero-order valence-electron chi connectivity index (χ0n) is 11.8. The Morgan fingerprint density at radius 3 is 2.67 bits per heavy atom. The molecule has 2 aromatic carbocycles. The van der Waals surface area contributed by atoms with E-state index >= 15 is 0 Å². The summed E-state index contributed by atoms with van der Waals surface area (Å²) in [6.45, 7) is 3.60. The maximum atomic E-state index is 13.0. The fourth-order valence-corrected chi connectivity index (χ4v) is 2.18. The van der Waals surface area contributed by atoms with Crippen molar-refractivity contribution in [1.82, 2.24) is 5.32 Å². The highest BCUT2D eigenvalue weighted by atomic mass is 35.5. The second kappa shape index (κ2) is 6.59. The van der Waals surface area contributed by atoms with Crippen LogP contribution in [0.5, 0.6) is 0 Å². The fourth-order valence-electron chi connectivity index (χ4n) is 1.98. The van der Waals surface area contributed by atoms with Crippen molar-refractivity contribution >= 4 is 23.3 Å². The zero-order valence-corrected chi connectivity index (χ0v) is 12.5. The molecule has 0 unspecified atom stereocenters. The Morgan fingerprint density at radius 2 is 2.00 bits per heavy atom. The minimum Gasteiger partial charge on any atom is -0.331 e. The number of carbonyl (C=O) groups is 1. The number of anilines is 1. The van der Waals surface area contributed by atoms with Crippen molar-refractivity contribution in [1.29, 1.82) is 0 Å². The van der Waals surface area contributed by atoms with E-state index in [-0.39, 0.29) is 17.9 Å². The Kier molecular flexibility index (Phi) is 4.81. The molecule has 2 rings (SSSR count). The van der Waals surface area contributed by atoms with Crippen molar-refractivity contribution in [2.24, 2.45) is 0 Å². The van der Waals surface area contributed by atoms with Gasteiger partial charge in [-0.1, -0.05) is 23.7 Å². The van der Waals surface area contributed by atoms with E-state index < -0.39 is 0 Å². The molecule has 0 aliphatic carbocycles. The smallest absolute Gasteiger partial charge is 0.319 e. The van der Waals surface area contributed by atoms with E-state index in [1.165, 1.54) is 18.2 Å². The molecule has 0 aliphatic rings. The lowest BCUT2D eigenvalue weighted by Gasteiger charge is -2.16. The molecule has 0 radical (unpaired) electrons. The van der Waals surface area contributed by atoms with Crippen LogP contribution in [0.15, 0.2) is 42.5 Å². The second-order valence-electron chi connectivity index (χ2n) is 4.83. The van der Waals surface area contributed by atoms with Crippen LogP contribution >= 0.6 is 11.6 Å². The molecule has 0 heterocycles. The summed E-state index contributed by atoms with van der Waals surface area (Å²) in [5, 5.41) is 6.14. The van der Waals surface area contributed by atoms with Gasteiger partial charge < -0.3 is 10.6 Å². The summed E-state index contributed by atoms with van der Waals surface area (Å²) >= 11 is 5.93. The summed E-state index contributed by atoms with van der Waals surface area (Å²) < 4.78 is 13.0. The molecular formula is C16H16ClFN2O. The van der Waals surface area contributed by atoms with Crippen LogP contribution in [0.3, 0.4) is 0 Å². The number of hydrogen-bond acceptors (Lipinski definition) is 1. The van der Waals surface area contributed by atoms with Crippen LogP contribution in [0.1, 0.15) is 24.1 Å². The Hall–Kier alpha value is -2.07. The van der Waals surface area contributed by atoms with Gasteiger partial charge in [0.15, 0.2) is 0 Å². The summed E-state index contributed by atoms with van der Waals surface area (Å²) in [6.07, 6.45) is 0. The molecule has 1 atom stereocenters.